The summed E-state index contributed by atoms with van der Waals surface area (Å²) in [6.07, 6.45) is -0.275. The largest absolute Gasteiger partial charge is 0.450 e. The van der Waals surface area contributed by atoms with Crippen molar-refractivity contribution >= 4 is 17.7 Å². The van der Waals surface area contributed by atoms with Gasteiger partial charge in [0, 0.05) is 11.3 Å². The van der Waals surface area contributed by atoms with Crippen molar-refractivity contribution in [3.8, 4) is 0 Å². The number of hydrogen-bond donors (Lipinski definition) is 2. The van der Waals surface area contributed by atoms with Gasteiger partial charge in [-0.2, -0.15) is 0 Å². The normalized spacial score (nSPS) is 15.6. The lowest BCUT2D eigenvalue weighted by Gasteiger charge is -2.35. The molecular formula is C23H30N3O3+. The van der Waals surface area contributed by atoms with Crippen molar-refractivity contribution in [1.82, 2.24) is 4.90 Å². The fourth-order valence-electron chi connectivity index (χ4n) is 3.77. The van der Waals surface area contributed by atoms with Crippen LogP contribution in [-0.2, 0) is 9.53 Å². The Balaban J connectivity index is 1.78. The van der Waals surface area contributed by atoms with Gasteiger partial charge in [0.15, 0.2) is 6.04 Å². The van der Waals surface area contributed by atoms with Crippen LogP contribution in [0.2, 0.25) is 0 Å². The molecule has 2 N–H and O–H groups in total. The van der Waals surface area contributed by atoms with Gasteiger partial charge in [0.2, 0.25) is 0 Å². The van der Waals surface area contributed by atoms with E-state index in [0.29, 0.717) is 32.8 Å². The summed E-state index contributed by atoms with van der Waals surface area (Å²) in [4.78, 5) is 28.2. The highest BCUT2D eigenvalue weighted by Crippen LogP contribution is 2.19. The first-order chi connectivity index (χ1) is 14.0. The SMILES string of the molecule is CCOC(=O)N1CC[NH+]([C@@H](C(=O)Nc2cc(C)ccc2C)c2ccccc2)CC1. The molecule has 3 rings (SSSR count). The minimum absolute atomic E-state index is 0.0236. The second-order valence-corrected chi connectivity index (χ2v) is 7.50. The molecule has 1 atom stereocenters. The van der Waals surface area contributed by atoms with Crippen molar-refractivity contribution in [1.29, 1.82) is 0 Å². The molecule has 1 saturated heterocycles. The standard InChI is InChI=1S/C23H29N3O3/c1-4-29-23(28)26-14-12-25(13-15-26)21(19-8-6-5-7-9-19)22(27)24-20-16-17(2)10-11-18(20)3/h5-11,16,21H,4,12-15H2,1-3H3,(H,24,27)/p+1/t21-/m1/s1. The highest BCUT2D eigenvalue weighted by atomic mass is 16.6. The zero-order chi connectivity index (χ0) is 20.8. The number of anilines is 1. The first-order valence-electron chi connectivity index (χ1n) is 10.2. The van der Waals surface area contributed by atoms with Gasteiger partial charge >= 0.3 is 6.09 Å². The molecule has 2 amide bonds. The molecule has 0 radical (unpaired) electrons. The average molecular weight is 397 g/mol. The summed E-state index contributed by atoms with van der Waals surface area (Å²) < 4.78 is 5.11. The van der Waals surface area contributed by atoms with Crippen molar-refractivity contribution < 1.29 is 19.2 Å². The quantitative estimate of drug-likeness (QED) is 0.816. The van der Waals surface area contributed by atoms with Crippen LogP contribution in [0, 0.1) is 13.8 Å². The van der Waals surface area contributed by atoms with Crippen LogP contribution in [0.5, 0.6) is 0 Å². The number of quaternary nitrogens is 1. The number of carbonyl (C=O) groups excluding carboxylic acids is 2. The third-order valence-electron chi connectivity index (χ3n) is 5.39. The Kier molecular flexibility index (Phi) is 6.88. The number of rotatable bonds is 5. The van der Waals surface area contributed by atoms with Gasteiger partial charge in [-0.25, -0.2) is 4.79 Å². The molecule has 0 aliphatic carbocycles. The number of nitrogens with zero attached hydrogens (tertiary/aromatic N) is 1. The number of ether oxygens (including phenoxy) is 1. The molecule has 0 unspecified atom stereocenters. The van der Waals surface area contributed by atoms with Crippen molar-refractivity contribution in [3.05, 3.63) is 65.2 Å². The summed E-state index contributed by atoms with van der Waals surface area (Å²) in [5.41, 5.74) is 3.98. The van der Waals surface area contributed by atoms with Gasteiger partial charge in [-0.15, -0.1) is 0 Å². The molecule has 2 aromatic carbocycles. The molecular weight excluding hydrogens is 366 g/mol. The summed E-state index contributed by atoms with van der Waals surface area (Å²) in [6.45, 7) is 8.74. The van der Waals surface area contributed by atoms with Gasteiger partial charge in [-0.3, -0.25) is 9.69 Å². The maximum Gasteiger partial charge on any atom is 0.410 e. The molecule has 0 saturated carbocycles. The van der Waals surface area contributed by atoms with Crippen LogP contribution in [0.3, 0.4) is 0 Å². The highest BCUT2D eigenvalue weighted by molar-refractivity contribution is 5.95. The molecule has 6 nitrogen and oxygen atoms in total. The first kappa shape index (κ1) is 20.9. The Bertz CT molecular complexity index is 846. The topological polar surface area (TPSA) is 63.1 Å². The van der Waals surface area contributed by atoms with E-state index in [2.05, 4.69) is 5.32 Å². The van der Waals surface area contributed by atoms with Crippen LogP contribution in [0.15, 0.2) is 48.5 Å². The first-order valence-corrected chi connectivity index (χ1v) is 10.2. The van der Waals surface area contributed by atoms with Gasteiger partial charge in [0.25, 0.3) is 5.91 Å². The van der Waals surface area contributed by atoms with Gasteiger partial charge in [-0.1, -0.05) is 42.5 Å². The lowest BCUT2D eigenvalue weighted by Crippen LogP contribution is -3.16. The van der Waals surface area contributed by atoms with Gasteiger partial charge < -0.3 is 15.0 Å². The number of aryl methyl sites for hydroxylation is 2. The zero-order valence-electron chi connectivity index (χ0n) is 17.4. The van der Waals surface area contributed by atoms with E-state index in [-0.39, 0.29) is 18.0 Å². The lowest BCUT2D eigenvalue weighted by atomic mass is 10.0. The van der Waals surface area contributed by atoms with E-state index in [1.165, 1.54) is 0 Å². The van der Waals surface area contributed by atoms with E-state index in [9.17, 15) is 9.59 Å². The predicted octanol–water partition coefficient (Wildman–Crippen LogP) is 2.34. The second kappa shape index (κ2) is 9.56. The molecule has 154 valence electrons. The van der Waals surface area contributed by atoms with E-state index in [4.69, 9.17) is 4.74 Å². The van der Waals surface area contributed by atoms with Crippen LogP contribution in [0.25, 0.3) is 0 Å². The minimum Gasteiger partial charge on any atom is -0.450 e. The number of benzene rings is 2. The van der Waals surface area contributed by atoms with Gasteiger partial charge in [-0.05, 0) is 38.0 Å². The molecule has 1 fully saturated rings. The molecule has 1 aliphatic rings. The van der Waals surface area contributed by atoms with Gasteiger partial charge in [0.1, 0.15) is 0 Å². The van der Waals surface area contributed by atoms with Crippen LogP contribution < -0.4 is 10.2 Å². The fraction of sp³-hybridized carbons (Fsp3) is 0.391. The number of amides is 2. The Morgan fingerprint density at radius 3 is 2.45 bits per heavy atom. The number of nitrogens with one attached hydrogen (secondary N) is 2. The Morgan fingerprint density at radius 1 is 1.10 bits per heavy atom. The van der Waals surface area contributed by atoms with Crippen molar-refractivity contribution in [2.45, 2.75) is 26.8 Å². The summed E-state index contributed by atoms with van der Waals surface area (Å²) in [5, 5.41) is 3.14. The Morgan fingerprint density at radius 2 is 1.79 bits per heavy atom. The second-order valence-electron chi connectivity index (χ2n) is 7.50. The fourth-order valence-corrected chi connectivity index (χ4v) is 3.77. The Labute approximate surface area is 172 Å². The third kappa shape index (κ3) is 5.15. The average Bonchev–Trinajstić information content (AvgIpc) is 2.72. The molecule has 1 aliphatic heterocycles. The van der Waals surface area contributed by atoms with Crippen molar-refractivity contribution in [2.24, 2.45) is 0 Å². The van der Waals surface area contributed by atoms with E-state index in [1.54, 1.807) is 4.90 Å². The monoisotopic (exact) mass is 396 g/mol. The molecule has 0 bridgehead atoms. The van der Waals surface area contributed by atoms with Crippen LogP contribution >= 0.6 is 0 Å². The molecule has 1 heterocycles. The van der Waals surface area contributed by atoms with Crippen molar-refractivity contribution in [3.63, 3.8) is 0 Å². The van der Waals surface area contributed by atoms with E-state index in [1.807, 2.05) is 69.3 Å². The molecule has 6 heteroatoms. The minimum atomic E-state index is -0.333. The Hall–Kier alpha value is -2.86. The summed E-state index contributed by atoms with van der Waals surface area (Å²) in [6, 6.07) is 15.6. The van der Waals surface area contributed by atoms with Crippen LogP contribution in [0.1, 0.15) is 29.7 Å². The predicted molar refractivity (Wildman–Crippen MR) is 113 cm³/mol. The summed E-state index contributed by atoms with van der Waals surface area (Å²) in [7, 11) is 0. The van der Waals surface area contributed by atoms with Gasteiger partial charge in [0.05, 0.1) is 32.8 Å². The highest BCUT2D eigenvalue weighted by Gasteiger charge is 2.35. The third-order valence-corrected chi connectivity index (χ3v) is 5.39. The summed E-state index contributed by atoms with van der Waals surface area (Å²) >= 11 is 0. The smallest absolute Gasteiger partial charge is 0.410 e. The zero-order valence-corrected chi connectivity index (χ0v) is 17.4. The molecule has 0 aromatic heterocycles. The summed E-state index contributed by atoms with van der Waals surface area (Å²) in [5.74, 6) is -0.0236. The maximum atomic E-state index is 13.4. The molecule has 29 heavy (non-hydrogen) atoms. The van der Waals surface area contributed by atoms with Crippen LogP contribution in [-0.4, -0.2) is 49.7 Å². The lowest BCUT2D eigenvalue weighted by molar-refractivity contribution is -0.925. The maximum absolute atomic E-state index is 13.4. The number of carbonyl (C=O) groups is 2. The molecule has 0 spiro atoms. The van der Waals surface area contributed by atoms with E-state index in [0.717, 1.165) is 27.3 Å². The van der Waals surface area contributed by atoms with Crippen LogP contribution in [0.4, 0.5) is 10.5 Å². The van der Waals surface area contributed by atoms with E-state index < -0.39 is 0 Å². The molecule has 2 aromatic rings. The van der Waals surface area contributed by atoms with E-state index >= 15 is 0 Å². The number of piperazine rings is 1. The number of hydrogen-bond acceptors (Lipinski definition) is 3. The van der Waals surface area contributed by atoms with Crippen molar-refractivity contribution in [2.75, 3.05) is 38.1 Å².